The van der Waals surface area contributed by atoms with Crippen LogP contribution in [0.5, 0.6) is 0 Å². The monoisotopic (exact) mass is 1450 g/mol. The minimum atomic E-state index is 0.632. The Balaban J connectivity index is 0.000000143. The van der Waals surface area contributed by atoms with Gasteiger partial charge in [-0.25, -0.2) is 19.7 Å². The highest BCUT2D eigenvalue weighted by Gasteiger charge is 2.23. The molecule has 0 radical (unpaired) electrons. The molecule has 5 heterocycles. The van der Waals surface area contributed by atoms with Gasteiger partial charge >= 0.3 is 0 Å². The van der Waals surface area contributed by atoms with E-state index in [0.717, 1.165) is 150 Å². The average Bonchev–Trinajstić information content (AvgIpc) is 1.03. The van der Waals surface area contributed by atoms with Gasteiger partial charge in [-0.2, -0.15) is 0 Å². The first kappa shape index (κ1) is 66.5. The molecule has 8 nitrogen and oxygen atoms in total. The topological polar surface area (TPSA) is 70.1 Å². The highest BCUT2D eigenvalue weighted by molar-refractivity contribution is 6.26. The molecule has 0 saturated carbocycles. The van der Waals surface area contributed by atoms with Crippen molar-refractivity contribution < 1.29 is 0 Å². The number of nitrogens with zero attached hydrogens (tertiary/aromatic N) is 8. The minimum Gasteiger partial charge on any atom is -0.309 e. The average molecular weight is 1450 g/mol. The lowest BCUT2D eigenvalue weighted by Gasteiger charge is -2.17. The summed E-state index contributed by atoms with van der Waals surface area (Å²) in [6, 6.07) is 133. The van der Waals surface area contributed by atoms with E-state index in [9.17, 15) is 0 Å². The fourth-order valence-corrected chi connectivity index (χ4v) is 17.2. The van der Waals surface area contributed by atoms with Crippen molar-refractivity contribution >= 4 is 120 Å². The lowest BCUT2D eigenvalue weighted by atomic mass is 9.86. The molecule has 22 rings (SSSR count). The summed E-state index contributed by atoms with van der Waals surface area (Å²) in [6.45, 7) is 15.6. The number of pyridine rings is 2. The van der Waals surface area contributed by atoms with Gasteiger partial charge in [-0.05, 0) is 254 Å². The van der Waals surface area contributed by atoms with E-state index >= 15 is 0 Å². The van der Waals surface area contributed by atoms with Crippen LogP contribution in [0.25, 0.3) is 219 Å². The number of para-hydroxylation sites is 2. The molecule has 5 aromatic heterocycles. The molecule has 0 spiro atoms. The maximum atomic E-state index is 7.79. The van der Waals surface area contributed by atoms with Crippen LogP contribution in [0, 0.1) is 13.1 Å². The Bertz CT molecular complexity index is 7140. The first-order valence-electron chi connectivity index (χ1n) is 38.2. The molecule has 0 saturated heterocycles. The van der Waals surface area contributed by atoms with E-state index in [-0.39, 0.29) is 0 Å². The Morgan fingerprint density at radius 1 is 0.202 bits per heavy atom. The second-order valence-corrected chi connectivity index (χ2v) is 28.9. The van der Waals surface area contributed by atoms with Crippen LogP contribution in [0.1, 0.15) is 0 Å². The molecule has 0 aliphatic carbocycles. The van der Waals surface area contributed by atoms with Gasteiger partial charge < -0.3 is 9.13 Å². The molecule has 0 N–H and O–H groups in total. The van der Waals surface area contributed by atoms with Crippen LogP contribution in [0.3, 0.4) is 0 Å². The second kappa shape index (κ2) is 27.7. The van der Waals surface area contributed by atoms with Crippen LogP contribution in [0.15, 0.2) is 389 Å². The van der Waals surface area contributed by atoms with Gasteiger partial charge in [0.25, 0.3) is 0 Å². The quantitative estimate of drug-likeness (QED) is 0.101. The molecular formula is C106H64N8. The molecule has 0 aliphatic rings. The molecule has 0 unspecified atom stereocenters. The molecule has 528 valence electrons. The Hall–Kier alpha value is -15.7. The summed E-state index contributed by atoms with van der Waals surface area (Å²) >= 11 is 0. The van der Waals surface area contributed by atoms with Crippen molar-refractivity contribution in [2.24, 2.45) is 0 Å². The Kier molecular flexibility index (Phi) is 16.2. The van der Waals surface area contributed by atoms with Crippen molar-refractivity contribution in [1.29, 1.82) is 0 Å². The lowest BCUT2D eigenvalue weighted by Crippen LogP contribution is -1.97. The fraction of sp³-hybridized carbons (Fsp3) is 0. The Morgan fingerprint density at radius 3 is 0.895 bits per heavy atom. The highest BCUT2D eigenvalue weighted by Crippen LogP contribution is 2.48. The largest absolute Gasteiger partial charge is 0.309 e. The summed E-state index contributed by atoms with van der Waals surface area (Å²) in [6.07, 6.45) is 3.70. The maximum Gasteiger partial charge on any atom is 0.188 e. The van der Waals surface area contributed by atoms with Crippen molar-refractivity contribution in [3.05, 3.63) is 411 Å². The normalized spacial score (nSPS) is 11.5. The standard InChI is InChI=1S/2C53H32N4/c1-54-37-26-28-52-47(30-37)46-29-36(25-27-51(46)57(52)38-19-9-4-10-20-38)43-31-44-41-23-13-14-24-42(41)48(32-45(44)40-22-12-11-21-39(40)43)53-55-49(34-15-5-2-6-16-34)33-50(56-53)35-17-7-3-8-18-35;1-54-38-22-24-53-49(31-38)48-30-34(21-23-52(48)57(53)39-13-3-2-4-14-39)44-32-46-43-18-8-6-16-41(43)45(33-47(46)42-17-7-5-15-40(42)44)35-27-36(50-19-9-11-25-55-50)29-37(28-35)51-20-10-12-26-56-51/h2*2-33H. The fourth-order valence-electron chi connectivity index (χ4n) is 17.2. The van der Waals surface area contributed by atoms with E-state index in [1.165, 1.54) is 54.0 Å². The van der Waals surface area contributed by atoms with Crippen molar-refractivity contribution in [2.75, 3.05) is 0 Å². The van der Waals surface area contributed by atoms with Gasteiger partial charge in [0, 0.05) is 62.4 Å². The highest BCUT2D eigenvalue weighted by atomic mass is 15.0. The lowest BCUT2D eigenvalue weighted by molar-refractivity contribution is 1.18. The van der Waals surface area contributed by atoms with E-state index in [0.29, 0.717) is 17.2 Å². The Labute approximate surface area is 657 Å². The van der Waals surface area contributed by atoms with Crippen LogP contribution >= 0.6 is 0 Å². The summed E-state index contributed by atoms with van der Waals surface area (Å²) in [5.74, 6) is 0.695. The summed E-state index contributed by atoms with van der Waals surface area (Å²) < 4.78 is 4.60. The van der Waals surface area contributed by atoms with E-state index in [4.69, 9.17) is 33.1 Å². The second-order valence-electron chi connectivity index (χ2n) is 28.9. The molecular weight excluding hydrogens is 1390 g/mol. The van der Waals surface area contributed by atoms with Crippen molar-refractivity contribution in [3.8, 4) is 101 Å². The Morgan fingerprint density at radius 2 is 0.518 bits per heavy atom. The number of rotatable bonds is 10. The van der Waals surface area contributed by atoms with Crippen LogP contribution in [-0.2, 0) is 0 Å². The third-order valence-electron chi connectivity index (χ3n) is 22.4. The smallest absolute Gasteiger partial charge is 0.188 e. The van der Waals surface area contributed by atoms with Gasteiger partial charge in [0.2, 0.25) is 0 Å². The molecule has 114 heavy (non-hydrogen) atoms. The van der Waals surface area contributed by atoms with Crippen molar-refractivity contribution in [1.82, 2.24) is 29.1 Å². The molecule has 22 aromatic rings. The molecule has 0 aliphatic heterocycles. The zero-order chi connectivity index (χ0) is 75.7. The number of hydrogen-bond donors (Lipinski definition) is 0. The predicted octanol–water partition coefficient (Wildman–Crippen LogP) is 28.5. The van der Waals surface area contributed by atoms with E-state index in [1.54, 1.807) is 0 Å². The molecule has 0 amide bonds. The summed E-state index contributed by atoms with van der Waals surface area (Å²) in [5, 5.41) is 18.5. The van der Waals surface area contributed by atoms with Crippen LogP contribution < -0.4 is 0 Å². The van der Waals surface area contributed by atoms with Gasteiger partial charge in [0.05, 0.1) is 58.0 Å². The zero-order valence-corrected chi connectivity index (χ0v) is 61.5. The van der Waals surface area contributed by atoms with E-state index in [2.05, 4.69) is 322 Å². The minimum absolute atomic E-state index is 0.632. The van der Waals surface area contributed by atoms with Crippen LogP contribution in [0.2, 0.25) is 0 Å². The van der Waals surface area contributed by atoms with Gasteiger partial charge in [0.1, 0.15) is 0 Å². The number of benzene rings is 17. The summed E-state index contributed by atoms with van der Waals surface area (Å²) in [5.41, 5.74) is 23.5. The number of aromatic nitrogens is 6. The van der Waals surface area contributed by atoms with Gasteiger partial charge in [0.15, 0.2) is 17.2 Å². The molecule has 8 heteroatoms. The number of hydrogen-bond acceptors (Lipinski definition) is 4. The number of fused-ring (bicyclic) bond motifs is 16. The van der Waals surface area contributed by atoms with E-state index < -0.39 is 0 Å². The third kappa shape index (κ3) is 11.4. The van der Waals surface area contributed by atoms with Gasteiger partial charge in [-0.15, -0.1) is 0 Å². The van der Waals surface area contributed by atoms with Crippen LogP contribution in [0.4, 0.5) is 11.4 Å². The molecule has 17 aromatic carbocycles. The summed E-state index contributed by atoms with van der Waals surface area (Å²) in [7, 11) is 0. The molecule has 0 atom stereocenters. The van der Waals surface area contributed by atoms with E-state index in [1.807, 2.05) is 85.2 Å². The first-order valence-corrected chi connectivity index (χ1v) is 38.2. The van der Waals surface area contributed by atoms with Crippen molar-refractivity contribution in [2.45, 2.75) is 0 Å². The van der Waals surface area contributed by atoms with Gasteiger partial charge in [-0.3, -0.25) is 9.97 Å². The summed E-state index contributed by atoms with van der Waals surface area (Å²) in [4.78, 5) is 27.6. The predicted molar refractivity (Wildman–Crippen MR) is 474 cm³/mol. The SMILES string of the molecule is [C-]#[N+]c1ccc2c(c1)c1cc(-c3cc4c5ccccc5c(-c5cc(-c6ccccn6)cc(-c6ccccn6)c5)cc4c4ccccc34)ccc1n2-c1ccccc1.[C-]#[N+]c1ccc2c(c1)c1cc(-c3cc4c5ccccc5c(-c5nc(-c6ccccc6)cc(-c6ccccc6)n5)cc4c4ccccc34)ccc1n2-c1ccccc1. The third-order valence-corrected chi connectivity index (χ3v) is 22.4. The zero-order valence-electron chi connectivity index (χ0n) is 61.5. The first-order chi connectivity index (χ1) is 56.4. The van der Waals surface area contributed by atoms with Gasteiger partial charge in [-0.1, -0.05) is 231 Å². The maximum absolute atomic E-state index is 7.79. The van der Waals surface area contributed by atoms with Crippen LogP contribution in [-0.4, -0.2) is 29.1 Å². The molecule has 0 fully saturated rings. The van der Waals surface area contributed by atoms with Crippen molar-refractivity contribution in [3.63, 3.8) is 0 Å². The molecule has 0 bridgehead atoms.